The Balaban J connectivity index is 1.43. The monoisotopic (exact) mass is 573 g/mol. The first-order valence-corrected chi connectivity index (χ1v) is 12.8. The zero-order chi connectivity index (χ0) is 24.9. The van der Waals surface area contributed by atoms with Crippen LogP contribution in [0.25, 0.3) is 6.08 Å². The molecule has 0 unspecified atom stereocenters. The summed E-state index contributed by atoms with van der Waals surface area (Å²) in [6, 6.07) is 17.9. The molecule has 0 saturated carbocycles. The van der Waals surface area contributed by atoms with E-state index in [0.29, 0.717) is 25.7 Å². The molecule has 0 aliphatic carbocycles. The van der Waals surface area contributed by atoms with E-state index in [2.05, 4.69) is 45.6 Å². The summed E-state index contributed by atoms with van der Waals surface area (Å²) in [5, 5.41) is 17.5. The average molecular weight is 575 g/mol. The van der Waals surface area contributed by atoms with Crippen molar-refractivity contribution < 1.29 is 14.5 Å². The maximum Gasteiger partial charge on any atom is 0.269 e. The van der Waals surface area contributed by atoms with E-state index < -0.39 is 4.92 Å². The van der Waals surface area contributed by atoms with Crippen molar-refractivity contribution in [2.75, 3.05) is 5.32 Å². The van der Waals surface area contributed by atoms with Crippen LogP contribution in [0.15, 0.2) is 70.0 Å². The lowest BCUT2D eigenvalue weighted by Crippen LogP contribution is -2.30. The first kappa shape index (κ1) is 25.1. The SMILES string of the molecule is CCc1ccc(N[C@@H]2NC(=O)/C(=C/c3cc(Cl)c(OCc4cccc([N+](=O)[O-])c4)c(Br)c3)S2)cc1. The molecule has 1 heterocycles. The van der Waals surface area contributed by atoms with E-state index in [-0.39, 0.29) is 23.7 Å². The quantitative estimate of drug-likeness (QED) is 0.176. The van der Waals surface area contributed by atoms with Crippen LogP contribution in [0.2, 0.25) is 5.02 Å². The van der Waals surface area contributed by atoms with Gasteiger partial charge < -0.3 is 15.4 Å². The molecule has 4 rings (SSSR count). The topological polar surface area (TPSA) is 93.5 Å². The highest BCUT2D eigenvalue weighted by Gasteiger charge is 2.27. The summed E-state index contributed by atoms with van der Waals surface area (Å²) >= 11 is 11.3. The minimum atomic E-state index is -0.450. The van der Waals surface area contributed by atoms with E-state index in [1.165, 1.54) is 29.5 Å². The van der Waals surface area contributed by atoms with Crippen LogP contribution in [-0.4, -0.2) is 16.3 Å². The van der Waals surface area contributed by atoms with Crippen molar-refractivity contribution >= 4 is 62.7 Å². The number of hydrogen-bond donors (Lipinski definition) is 2. The van der Waals surface area contributed by atoms with Gasteiger partial charge in [0, 0.05) is 17.8 Å². The molecule has 180 valence electrons. The zero-order valence-electron chi connectivity index (χ0n) is 18.6. The molecule has 35 heavy (non-hydrogen) atoms. The van der Waals surface area contributed by atoms with Gasteiger partial charge in [-0.05, 0) is 69.4 Å². The van der Waals surface area contributed by atoms with Crippen LogP contribution in [-0.2, 0) is 17.8 Å². The Bertz CT molecular complexity index is 1280. The number of benzene rings is 3. The van der Waals surface area contributed by atoms with Crippen molar-refractivity contribution in [1.29, 1.82) is 0 Å². The van der Waals surface area contributed by atoms with Crippen molar-refractivity contribution in [3.05, 3.63) is 102 Å². The number of anilines is 1. The van der Waals surface area contributed by atoms with Gasteiger partial charge in [0.25, 0.3) is 11.6 Å². The van der Waals surface area contributed by atoms with E-state index in [0.717, 1.165) is 17.7 Å². The molecular weight excluding hydrogens is 554 g/mol. The fourth-order valence-electron chi connectivity index (χ4n) is 3.42. The predicted molar refractivity (Wildman–Crippen MR) is 144 cm³/mol. The van der Waals surface area contributed by atoms with Crippen LogP contribution in [0, 0.1) is 10.1 Å². The molecule has 0 spiro atoms. The molecule has 0 bridgehead atoms. The molecule has 3 aromatic carbocycles. The third kappa shape index (κ3) is 6.36. The van der Waals surface area contributed by atoms with E-state index >= 15 is 0 Å². The molecule has 10 heteroatoms. The number of nitrogens with one attached hydrogen (secondary N) is 2. The first-order valence-electron chi connectivity index (χ1n) is 10.7. The van der Waals surface area contributed by atoms with Crippen molar-refractivity contribution in [2.45, 2.75) is 25.4 Å². The largest absolute Gasteiger partial charge is 0.486 e. The maximum absolute atomic E-state index is 12.5. The van der Waals surface area contributed by atoms with Crippen LogP contribution in [0.4, 0.5) is 11.4 Å². The Morgan fingerprint density at radius 3 is 2.66 bits per heavy atom. The molecular formula is C25H21BrClN3O4S. The lowest BCUT2D eigenvalue weighted by Gasteiger charge is -2.13. The molecule has 1 aliphatic heterocycles. The molecule has 1 amide bonds. The molecule has 3 aromatic rings. The highest BCUT2D eigenvalue weighted by atomic mass is 79.9. The van der Waals surface area contributed by atoms with Crippen LogP contribution in [0.5, 0.6) is 5.75 Å². The van der Waals surface area contributed by atoms with Crippen molar-refractivity contribution in [1.82, 2.24) is 5.32 Å². The number of amides is 1. The smallest absolute Gasteiger partial charge is 0.269 e. The molecule has 1 saturated heterocycles. The number of carbonyl (C=O) groups excluding carboxylic acids is 1. The number of nitrogens with zero attached hydrogens (tertiary/aromatic N) is 1. The minimum absolute atomic E-state index is 0.00339. The van der Waals surface area contributed by atoms with Crippen LogP contribution in [0.1, 0.15) is 23.6 Å². The van der Waals surface area contributed by atoms with Crippen LogP contribution >= 0.6 is 39.3 Å². The van der Waals surface area contributed by atoms with Gasteiger partial charge in [0.2, 0.25) is 0 Å². The number of rotatable bonds is 8. The number of non-ortho nitro benzene ring substituents is 1. The molecule has 0 aromatic heterocycles. The third-order valence-electron chi connectivity index (χ3n) is 5.21. The second-order valence-electron chi connectivity index (χ2n) is 7.70. The van der Waals surface area contributed by atoms with Gasteiger partial charge in [-0.3, -0.25) is 14.9 Å². The number of aryl methyl sites for hydroxylation is 1. The van der Waals surface area contributed by atoms with Crippen molar-refractivity contribution in [3.8, 4) is 5.75 Å². The number of halogens is 2. The Hall–Kier alpha value is -3.01. The number of thioether (sulfide) groups is 1. The number of carbonyl (C=O) groups is 1. The van der Waals surface area contributed by atoms with E-state index in [1.54, 1.807) is 30.3 Å². The molecule has 1 aliphatic rings. The van der Waals surface area contributed by atoms with E-state index in [9.17, 15) is 14.9 Å². The molecule has 1 fully saturated rings. The highest BCUT2D eigenvalue weighted by molar-refractivity contribution is 9.10. The summed E-state index contributed by atoms with van der Waals surface area (Å²) in [5.74, 6) is 0.245. The normalized spacial score (nSPS) is 16.3. The standard InChI is InChI=1S/C25H21BrClN3O4S/c1-2-15-6-8-18(9-7-15)28-25-29-24(31)22(35-25)13-17-11-20(26)23(21(27)12-17)34-14-16-4-3-5-19(10-16)30(32)33/h3-13,25,28H,2,14H2,1H3,(H,29,31)/b22-13-/t25-/m1/s1. The predicted octanol–water partition coefficient (Wildman–Crippen LogP) is 6.75. The third-order valence-corrected chi connectivity index (χ3v) is 7.11. The van der Waals surface area contributed by atoms with E-state index in [1.807, 2.05) is 12.1 Å². The Kier molecular flexibility index (Phi) is 8.00. The fourth-order valence-corrected chi connectivity index (χ4v) is 5.39. The second kappa shape index (κ2) is 11.2. The van der Waals surface area contributed by atoms with Gasteiger partial charge in [-0.1, -0.05) is 54.6 Å². The number of hydrogen-bond acceptors (Lipinski definition) is 6. The lowest BCUT2D eigenvalue weighted by molar-refractivity contribution is -0.384. The number of ether oxygens (including phenoxy) is 1. The first-order chi connectivity index (χ1) is 16.8. The highest BCUT2D eigenvalue weighted by Crippen LogP contribution is 2.37. The molecule has 0 radical (unpaired) electrons. The van der Waals surface area contributed by atoms with Crippen LogP contribution < -0.4 is 15.4 Å². The van der Waals surface area contributed by atoms with Gasteiger partial charge in [-0.15, -0.1) is 0 Å². The van der Waals surface area contributed by atoms with Crippen molar-refractivity contribution in [3.63, 3.8) is 0 Å². The summed E-state index contributed by atoms with van der Waals surface area (Å²) < 4.78 is 6.43. The summed E-state index contributed by atoms with van der Waals surface area (Å²) in [6.45, 7) is 2.22. The van der Waals surface area contributed by atoms with E-state index in [4.69, 9.17) is 16.3 Å². The average Bonchev–Trinajstić information content (AvgIpc) is 3.17. The van der Waals surface area contributed by atoms with Gasteiger partial charge >= 0.3 is 0 Å². The van der Waals surface area contributed by atoms with Gasteiger partial charge in [-0.2, -0.15) is 0 Å². The number of nitro groups is 1. The maximum atomic E-state index is 12.5. The van der Waals surface area contributed by atoms with Gasteiger partial charge in [0.15, 0.2) is 11.2 Å². The second-order valence-corrected chi connectivity index (χ2v) is 10.1. The Morgan fingerprint density at radius 2 is 1.97 bits per heavy atom. The number of nitro benzene ring substituents is 1. The fraction of sp³-hybridized carbons (Fsp3) is 0.160. The summed E-state index contributed by atoms with van der Waals surface area (Å²) in [5.41, 5.74) is 3.27. The van der Waals surface area contributed by atoms with Gasteiger partial charge in [0.1, 0.15) is 6.61 Å². The lowest BCUT2D eigenvalue weighted by atomic mass is 10.1. The molecule has 7 nitrogen and oxygen atoms in total. The Labute approximate surface area is 220 Å². The van der Waals surface area contributed by atoms with Gasteiger partial charge in [-0.25, -0.2) is 0 Å². The molecule has 1 atom stereocenters. The molecule has 2 N–H and O–H groups in total. The van der Waals surface area contributed by atoms with Crippen LogP contribution in [0.3, 0.4) is 0 Å². The minimum Gasteiger partial charge on any atom is -0.486 e. The van der Waals surface area contributed by atoms with Crippen molar-refractivity contribution in [2.24, 2.45) is 0 Å². The summed E-state index contributed by atoms with van der Waals surface area (Å²) in [7, 11) is 0. The van der Waals surface area contributed by atoms with Gasteiger partial charge in [0.05, 0.1) is 19.3 Å². The zero-order valence-corrected chi connectivity index (χ0v) is 21.7. The summed E-state index contributed by atoms with van der Waals surface area (Å²) in [4.78, 5) is 23.6. The Morgan fingerprint density at radius 1 is 1.20 bits per heavy atom. The summed E-state index contributed by atoms with van der Waals surface area (Å²) in [6.07, 6.45) is 2.74.